The number of hydrogen-bond acceptors (Lipinski definition) is 0. The number of benzene rings is 1. The molecule has 2 heteroatoms. The number of aryl methyl sites for hydroxylation is 1. The molecule has 0 saturated heterocycles. The lowest BCUT2D eigenvalue weighted by Crippen LogP contribution is -1.84. The fourth-order valence-corrected chi connectivity index (χ4v) is 1.20. The fraction of sp³-hybridized carbons (Fsp3) is 0.200. The summed E-state index contributed by atoms with van der Waals surface area (Å²) in [5.74, 6) is 0. The summed E-state index contributed by atoms with van der Waals surface area (Å²) >= 11 is 0. The molecule has 0 nitrogen and oxygen atoms in total. The molecule has 0 aliphatic heterocycles. The maximum absolute atomic E-state index is 11.8. The summed E-state index contributed by atoms with van der Waals surface area (Å²) in [7, 11) is 0. The summed E-state index contributed by atoms with van der Waals surface area (Å²) in [6.45, 7) is 7.92. The number of rotatable bonds is 3. The van der Waals surface area contributed by atoms with Gasteiger partial charge in [0.1, 0.15) is 0 Å². The van der Waals surface area contributed by atoms with Gasteiger partial charge in [0, 0.05) is 0 Å². The van der Waals surface area contributed by atoms with Crippen LogP contribution in [0.15, 0.2) is 66.6 Å². The topological polar surface area (TPSA) is 0 Å². The minimum Gasteiger partial charge on any atom is -0.164 e. The van der Waals surface area contributed by atoms with Crippen LogP contribution in [-0.2, 0) is 6.42 Å². The zero-order chi connectivity index (χ0) is 13.1. The van der Waals surface area contributed by atoms with Crippen molar-refractivity contribution in [2.75, 3.05) is 0 Å². The second-order valence-corrected chi connectivity index (χ2v) is 3.40. The van der Waals surface area contributed by atoms with Gasteiger partial charge in [0.2, 0.25) is 0 Å². The quantitative estimate of drug-likeness (QED) is 0.652. The first kappa shape index (κ1) is 15.1. The SMILES string of the molecule is C=C=C.CC(=C=C(F)F)CCc1ccccc1. The van der Waals surface area contributed by atoms with E-state index in [1.54, 1.807) is 6.92 Å². The molecule has 0 amide bonds. The van der Waals surface area contributed by atoms with Gasteiger partial charge in [-0.15, -0.1) is 5.73 Å². The van der Waals surface area contributed by atoms with Crippen LogP contribution in [0, 0.1) is 0 Å². The normalized spacial score (nSPS) is 8.18. The third-order valence-electron chi connectivity index (χ3n) is 1.94. The van der Waals surface area contributed by atoms with Crippen LogP contribution in [0.1, 0.15) is 18.9 Å². The van der Waals surface area contributed by atoms with Gasteiger partial charge in [0.15, 0.2) is 0 Å². The van der Waals surface area contributed by atoms with Gasteiger partial charge in [0.25, 0.3) is 0 Å². The zero-order valence-electron chi connectivity index (χ0n) is 9.97. The Bertz CT molecular complexity index is 413. The molecule has 17 heavy (non-hydrogen) atoms. The lowest BCUT2D eigenvalue weighted by Gasteiger charge is -1.98. The molecule has 1 aromatic rings. The van der Waals surface area contributed by atoms with Crippen molar-refractivity contribution in [3.63, 3.8) is 0 Å². The molecule has 0 saturated carbocycles. The highest BCUT2D eigenvalue weighted by molar-refractivity contribution is 5.16. The molecule has 90 valence electrons. The fourth-order valence-electron chi connectivity index (χ4n) is 1.20. The van der Waals surface area contributed by atoms with Crippen molar-refractivity contribution in [2.45, 2.75) is 19.8 Å². The highest BCUT2D eigenvalue weighted by Crippen LogP contribution is 2.08. The average molecular weight is 234 g/mol. The highest BCUT2D eigenvalue weighted by atomic mass is 19.3. The second-order valence-electron chi connectivity index (χ2n) is 3.40. The van der Waals surface area contributed by atoms with Crippen molar-refractivity contribution in [1.82, 2.24) is 0 Å². The van der Waals surface area contributed by atoms with Crippen molar-refractivity contribution >= 4 is 0 Å². The molecule has 0 fully saturated rings. The number of halogens is 2. The van der Waals surface area contributed by atoms with Crippen molar-refractivity contribution in [2.24, 2.45) is 0 Å². The molecule has 1 aromatic carbocycles. The van der Waals surface area contributed by atoms with E-state index in [-0.39, 0.29) is 0 Å². The van der Waals surface area contributed by atoms with Crippen LogP contribution in [0.4, 0.5) is 8.78 Å². The second kappa shape index (κ2) is 9.35. The number of hydrogen-bond donors (Lipinski definition) is 0. The van der Waals surface area contributed by atoms with E-state index in [9.17, 15) is 8.78 Å². The van der Waals surface area contributed by atoms with E-state index in [4.69, 9.17) is 0 Å². The lowest BCUT2D eigenvalue weighted by molar-refractivity contribution is 0.423. The predicted octanol–water partition coefficient (Wildman–Crippen LogP) is 4.90. The molecule has 0 aromatic heterocycles. The maximum atomic E-state index is 11.8. The van der Waals surface area contributed by atoms with Crippen LogP contribution in [0.3, 0.4) is 0 Å². The van der Waals surface area contributed by atoms with E-state index in [2.05, 4.69) is 18.9 Å². The summed E-state index contributed by atoms with van der Waals surface area (Å²) < 4.78 is 23.6. The summed E-state index contributed by atoms with van der Waals surface area (Å²) in [4.78, 5) is 0. The molecule has 0 spiro atoms. The van der Waals surface area contributed by atoms with E-state index < -0.39 is 6.08 Å². The van der Waals surface area contributed by atoms with Crippen LogP contribution >= 0.6 is 0 Å². The first-order chi connectivity index (χ1) is 8.10. The third-order valence-corrected chi connectivity index (χ3v) is 1.94. The first-order valence-corrected chi connectivity index (χ1v) is 5.20. The van der Waals surface area contributed by atoms with E-state index in [0.717, 1.165) is 12.0 Å². The van der Waals surface area contributed by atoms with Crippen LogP contribution in [0.25, 0.3) is 0 Å². The smallest absolute Gasteiger partial charge is 0.164 e. The highest BCUT2D eigenvalue weighted by Gasteiger charge is 1.94. The van der Waals surface area contributed by atoms with Gasteiger partial charge in [-0.3, -0.25) is 0 Å². The Hall–Kier alpha value is -1.88. The first-order valence-electron chi connectivity index (χ1n) is 5.20. The Kier molecular flexibility index (Phi) is 8.32. The molecule has 0 aliphatic carbocycles. The molecule has 0 bridgehead atoms. The van der Waals surface area contributed by atoms with Crippen LogP contribution in [0.5, 0.6) is 0 Å². The molecule has 0 aliphatic rings. The van der Waals surface area contributed by atoms with Crippen molar-refractivity contribution in [3.8, 4) is 0 Å². The molecule has 0 N–H and O–H groups in total. The average Bonchev–Trinajstić information content (AvgIpc) is 2.28. The van der Waals surface area contributed by atoms with Gasteiger partial charge in [-0.25, -0.2) is 0 Å². The summed E-state index contributed by atoms with van der Waals surface area (Å²) in [5, 5.41) is 0. The Balaban J connectivity index is 0.000000770. The van der Waals surface area contributed by atoms with Gasteiger partial charge in [0.05, 0.1) is 0 Å². The Morgan fingerprint density at radius 2 is 1.71 bits per heavy atom. The molecule has 1 rings (SSSR count). The molecule has 0 atom stereocenters. The van der Waals surface area contributed by atoms with Crippen LogP contribution in [0.2, 0.25) is 0 Å². The minimum absolute atomic E-state index is 0.592. The van der Waals surface area contributed by atoms with Crippen LogP contribution < -0.4 is 0 Å². The largest absolute Gasteiger partial charge is 0.313 e. The van der Waals surface area contributed by atoms with Crippen molar-refractivity contribution in [3.05, 3.63) is 72.2 Å². The van der Waals surface area contributed by atoms with Gasteiger partial charge in [-0.1, -0.05) is 49.2 Å². The zero-order valence-corrected chi connectivity index (χ0v) is 9.97. The number of allylic oxidation sites excluding steroid dienone is 1. The lowest BCUT2D eigenvalue weighted by atomic mass is 10.1. The van der Waals surface area contributed by atoms with E-state index in [1.807, 2.05) is 36.1 Å². The van der Waals surface area contributed by atoms with Gasteiger partial charge >= 0.3 is 6.08 Å². The summed E-state index contributed by atoms with van der Waals surface area (Å²) in [5.41, 5.74) is 6.01. The van der Waals surface area contributed by atoms with Crippen molar-refractivity contribution < 1.29 is 8.78 Å². The minimum atomic E-state index is -1.74. The predicted molar refractivity (Wildman–Crippen MR) is 68.0 cm³/mol. The molecular formula is C15H16F2. The van der Waals surface area contributed by atoms with Gasteiger partial charge in [-0.05, 0) is 30.9 Å². The standard InChI is InChI=1S/C12H12F2.C3H4/c1-10(9-12(13)14)7-8-11-5-3-2-4-6-11;1-3-2/h2-6H,7-8H2,1H3;1-2H2. The van der Waals surface area contributed by atoms with Crippen LogP contribution in [-0.4, -0.2) is 0 Å². The Labute approximate surface area is 101 Å². The molecular weight excluding hydrogens is 218 g/mol. The Morgan fingerprint density at radius 1 is 1.18 bits per heavy atom. The molecule has 0 heterocycles. The summed E-state index contributed by atoms with van der Waals surface area (Å²) in [6.07, 6.45) is -0.329. The van der Waals surface area contributed by atoms with Gasteiger partial charge in [-0.2, -0.15) is 8.78 Å². The van der Waals surface area contributed by atoms with E-state index in [0.29, 0.717) is 12.0 Å². The molecule has 0 unspecified atom stereocenters. The monoisotopic (exact) mass is 234 g/mol. The van der Waals surface area contributed by atoms with Gasteiger partial charge < -0.3 is 0 Å². The van der Waals surface area contributed by atoms with E-state index >= 15 is 0 Å². The molecule has 0 radical (unpaired) electrons. The van der Waals surface area contributed by atoms with Crippen molar-refractivity contribution in [1.29, 1.82) is 0 Å². The summed E-state index contributed by atoms with van der Waals surface area (Å²) in [6, 6.07) is 9.80. The maximum Gasteiger partial charge on any atom is 0.313 e. The van der Waals surface area contributed by atoms with E-state index in [1.165, 1.54) is 0 Å². The third kappa shape index (κ3) is 9.07. The Morgan fingerprint density at radius 3 is 2.18 bits per heavy atom.